The summed E-state index contributed by atoms with van der Waals surface area (Å²) in [5.41, 5.74) is 0.556. The predicted octanol–water partition coefficient (Wildman–Crippen LogP) is 2.30. The maximum atomic E-state index is 12.5. The fourth-order valence-electron chi connectivity index (χ4n) is 2.61. The van der Waals surface area contributed by atoms with Gasteiger partial charge in [-0.2, -0.15) is 0 Å². The standard InChI is InChI=1S/C13H15N3O2S2/c1-8(11(17)15-5-2-3-6-15)16-12(18)10-9(4-7-20-10)14-13(16)19/h4,7-8H,2-3,5-6H2,1H3,(H,14,19). The highest BCUT2D eigenvalue weighted by molar-refractivity contribution is 7.71. The van der Waals surface area contributed by atoms with Crippen molar-refractivity contribution in [3.8, 4) is 0 Å². The number of hydrogen-bond donors (Lipinski definition) is 1. The number of hydrogen-bond acceptors (Lipinski definition) is 4. The van der Waals surface area contributed by atoms with E-state index >= 15 is 0 Å². The number of nitrogens with one attached hydrogen (secondary N) is 1. The van der Waals surface area contributed by atoms with Crippen LogP contribution in [-0.4, -0.2) is 33.4 Å². The zero-order valence-corrected chi connectivity index (χ0v) is 12.7. The van der Waals surface area contributed by atoms with Gasteiger partial charge in [0.1, 0.15) is 10.7 Å². The normalized spacial score (nSPS) is 16.8. The zero-order chi connectivity index (χ0) is 14.3. The lowest BCUT2D eigenvalue weighted by Crippen LogP contribution is -2.38. The first-order valence-electron chi connectivity index (χ1n) is 6.60. The molecule has 0 saturated carbocycles. The van der Waals surface area contributed by atoms with Crippen LogP contribution in [0.15, 0.2) is 16.2 Å². The van der Waals surface area contributed by atoms with Crippen LogP contribution in [0.25, 0.3) is 10.2 Å². The maximum absolute atomic E-state index is 12.5. The zero-order valence-electron chi connectivity index (χ0n) is 11.1. The molecule has 1 aliphatic rings. The second-order valence-corrected chi connectivity index (χ2v) is 6.28. The van der Waals surface area contributed by atoms with E-state index in [-0.39, 0.29) is 11.5 Å². The van der Waals surface area contributed by atoms with Crippen molar-refractivity contribution in [1.82, 2.24) is 14.5 Å². The smallest absolute Gasteiger partial charge is 0.272 e. The highest BCUT2D eigenvalue weighted by atomic mass is 32.1. The van der Waals surface area contributed by atoms with Crippen LogP contribution in [0.2, 0.25) is 0 Å². The molecule has 0 radical (unpaired) electrons. The highest BCUT2D eigenvalue weighted by Gasteiger charge is 2.26. The maximum Gasteiger partial charge on any atom is 0.272 e. The summed E-state index contributed by atoms with van der Waals surface area (Å²) in [6, 6.07) is 1.27. The number of H-pyrrole nitrogens is 1. The van der Waals surface area contributed by atoms with Crippen LogP contribution in [0, 0.1) is 4.77 Å². The molecule has 1 N–H and O–H groups in total. The van der Waals surface area contributed by atoms with Gasteiger partial charge in [0.2, 0.25) is 5.91 Å². The molecule has 2 aromatic rings. The molecule has 1 aliphatic heterocycles. The number of nitrogens with zero attached hydrogens (tertiary/aromatic N) is 2. The van der Waals surface area contributed by atoms with Crippen molar-refractivity contribution < 1.29 is 4.79 Å². The Balaban J connectivity index is 2.06. The van der Waals surface area contributed by atoms with E-state index in [4.69, 9.17) is 12.2 Å². The molecule has 3 heterocycles. The molecule has 2 aromatic heterocycles. The van der Waals surface area contributed by atoms with E-state index in [0.29, 0.717) is 9.47 Å². The fourth-order valence-corrected chi connectivity index (χ4v) is 3.75. The van der Waals surface area contributed by atoms with Crippen molar-refractivity contribution in [3.63, 3.8) is 0 Å². The summed E-state index contributed by atoms with van der Waals surface area (Å²) in [4.78, 5) is 29.8. The van der Waals surface area contributed by atoms with E-state index < -0.39 is 6.04 Å². The molecule has 1 saturated heterocycles. The lowest BCUT2D eigenvalue weighted by molar-refractivity contribution is -0.133. The van der Waals surface area contributed by atoms with E-state index in [0.717, 1.165) is 31.4 Å². The number of carbonyl (C=O) groups is 1. The molecule has 20 heavy (non-hydrogen) atoms. The molecule has 0 spiro atoms. The van der Waals surface area contributed by atoms with E-state index in [2.05, 4.69) is 4.98 Å². The summed E-state index contributed by atoms with van der Waals surface area (Å²) in [7, 11) is 0. The number of likely N-dealkylation sites (tertiary alicyclic amines) is 1. The number of carbonyl (C=O) groups excluding carboxylic acids is 1. The molecule has 1 atom stereocenters. The van der Waals surface area contributed by atoms with E-state index in [1.807, 2.05) is 16.3 Å². The van der Waals surface area contributed by atoms with Crippen molar-refractivity contribution in [2.45, 2.75) is 25.8 Å². The van der Waals surface area contributed by atoms with Gasteiger partial charge in [-0.1, -0.05) is 0 Å². The molecule has 106 valence electrons. The van der Waals surface area contributed by atoms with E-state index in [1.54, 1.807) is 6.92 Å². The van der Waals surface area contributed by atoms with Crippen molar-refractivity contribution in [2.24, 2.45) is 0 Å². The van der Waals surface area contributed by atoms with E-state index in [9.17, 15) is 9.59 Å². The van der Waals surface area contributed by atoms with Gasteiger partial charge in [-0.3, -0.25) is 14.2 Å². The number of fused-ring (bicyclic) bond motifs is 1. The summed E-state index contributed by atoms with van der Waals surface area (Å²) in [5.74, 6) is -0.0278. The van der Waals surface area contributed by atoms with Crippen LogP contribution >= 0.6 is 23.6 Å². The van der Waals surface area contributed by atoms with Gasteiger partial charge in [0.05, 0.1) is 5.52 Å². The van der Waals surface area contributed by atoms with Gasteiger partial charge in [0.25, 0.3) is 5.56 Å². The number of rotatable bonds is 2. The first kappa shape index (κ1) is 13.5. The summed E-state index contributed by atoms with van der Waals surface area (Å²) in [6.45, 7) is 3.29. The molecule has 7 heteroatoms. The molecule has 0 aromatic carbocycles. The van der Waals surface area contributed by atoms with Crippen LogP contribution in [0.3, 0.4) is 0 Å². The average molecular weight is 309 g/mol. The third-order valence-electron chi connectivity index (χ3n) is 3.70. The first-order chi connectivity index (χ1) is 9.59. The van der Waals surface area contributed by atoms with E-state index in [1.165, 1.54) is 15.9 Å². The Hall–Kier alpha value is -1.47. The lowest BCUT2D eigenvalue weighted by Gasteiger charge is -2.21. The molecular formula is C13H15N3O2S2. The van der Waals surface area contributed by atoms with Gasteiger partial charge in [0, 0.05) is 13.1 Å². The Morgan fingerprint density at radius 3 is 2.85 bits per heavy atom. The second kappa shape index (κ2) is 5.14. The van der Waals surface area contributed by atoms with Crippen LogP contribution in [0.1, 0.15) is 25.8 Å². The number of thiophene rings is 1. The Morgan fingerprint density at radius 2 is 2.15 bits per heavy atom. The highest BCUT2D eigenvalue weighted by Crippen LogP contribution is 2.18. The summed E-state index contributed by atoms with van der Waals surface area (Å²) < 4.78 is 2.31. The largest absolute Gasteiger partial charge is 0.341 e. The van der Waals surface area contributed by atoms with Crippen LogP contribution < -0.4 is 5.56 Å². The van der Waals surface area contributed by atoms with Crippen molar-refractivity contribution in [1.29, 1.82) is 0 Å². The summed E-state index contributed by atoms with van der Waals surface area (Å²) in [5, 5.41) is 1.84. The Kier molecular flexibility index (Phi) is 3.47. The van der Waals surface area contributed by atoms with Crippen LogP contribution in [0.5, 0.6) is 0 Å². The SMILES string of the molecule is CC(C(=O)N1CCCC1)n1c(=S)[nH]c2ccsc2c1=O. The number of aromatic nitrogens is 2. The van der Waals surface area contributed by atoms with Gasteiger partial charge in [-0.15, -0.1) is 11.3 Å². The molecule has 3 rings (SSSR count). The summed E-state index contributed by atoms with van der Waals surface area (Å²) in [6.07, 6.45) is 2.06. The molecule has 1 amide bonds. The van der Waals surface area contributed by atoms with Crippen molar-refractivity contribution in [2.75, 3.05) is 13.1 Å². The van der Waals surface area contributed by atoms with Gasteiger partial charge >= 0.3 is 0 Å². The van der Waals surface area contributed by atoms with Crippen LogP contribution in [0.4, 0.5) is 0 Å². The third-order valence-corrected chi connectivity index (χ3v) is 4.90. The van der Waals surface area contributed by atoms with Gasteiger partial charge < -0.3 is 9.88 Å². The van der Waals surface area contributed by atoms with Gasteiger partial charge in [-0.05, 0) is 43.4 Å². The minimum atomic E-state index is -0.559. The minimum Gasteiger partial charge on any atom is -0.341 e. The number of amides is 1. The Morgan fingerprint density at radius 1 is 1.45 bits per heavy atom. The third kappa shape index (κ3) is 2.10. The monoisotopic (exact) mass is 309 g/mol. The molecule has 1 unspecified atom stereocenters. The lowest BCUT2D eigenvalue weighted by atomic mass is 10.3. The molecule has 1 fully saturated rings. The summed E-state index contributed by atoms with van der Waals surface area (Å²) >= 11 is 6.61. The molecule has 5 nitrogen and oxygen atoms in total. The van der Waals surface area contributed by atoms with Crippen LogP contribution in [-0.2, 0) is 4.79 Å². The average Bonchev–Trinajstić information content (AvgIpc) is 3.08. The van der Waals surface area contributed by atoms with Crippen molar-refractivity contribution in [3.05, 3.63) is 26.6 Å². The molecular weight excluding hydrogens is 294 g/mol. The topological polar surface area (TPSA) is 58.1 Å². The number of aromatic amines is 1. The van der Waals surface area contributed by atoms with Gasteiger partial charge in [0.15, 0.2) is 4.77 Å². The van der Waals surface area contributed by atoms with Gasteiger partial charge in [-0.25, -0.2) is 0 Å². The fraction of sp³-hybridized carbons (Fsp3) is 0.462. The predicted molar refractivity (Wildman–Crippen MR) is 81.8 cm³/mol. The minimum absolute atomic E-state index is 0.0278. The molecule has 0 bridgehead atoms. The van der Waals surface area contributed by atoms with Crippen molar-refractivity contribution >= 4 is 39.7 Å². The quantitative estimate of drug-likeness (QED) is 0.866. The Labute approximate surface area is 124 Å². The first-order valence-corrected chi connectivity index (χ1v) is 7.89. The second-order valence-electron chi connectivity index (χ2n) is 4.98. The Bertz CT molecular complexity index is 768. The molecule has 0 aliphatic carbocycles.